The van der Waals surface area contributed by atoms with Gasteiger partial charge in [0.25, 0.3) is 0 Å². The molecular formula is C19H34N4O2. The lowest BCUT2D eigenvalue weighted by atomic mass is 10.0. The Hall–Kier alpha value is -1.14. The highest BCUT2D eigenvalue weighted by molar-refractivity contribution is 5.78. The number of hydrogen-bond donors (Lipinski definition) is 1. The summed E-state index contributed by atoms with van der Waals surface area (Å²) in [6.07, 6.45) is 7.69. The highest BCUT2D eigenvalue weighted by atomic mass is 16.2. The molecule has 0 radical (unpaired) electrons. The van der Waals surface area contributed by atoms with Gasteiger partial charge in [-0.15, -0.1) is 0 Å². The van der Waals surface area contributed by atoms with Gasteiger partial charge in [-0.25, -0.2) is 0 Å². The van der Waals surface area contributed by atoms with E-state index in [1.165, 1.54) is 19.3 Å². The number of amides is 2. The highest BCUT2D eigenvalue weighted by Crippen LogP contribution is 2.16. The Morgan fingerprint density at radius 1 is 0.840 bits per heavy atom. The predicted octanol–water partition coefficient (Wildman–Crippen LogP) is 0.923. The lowest BCUT2D eigenvalue weighted by Crippen LogP contribution is -2.51. The van der Waals surface area contributed by atoms with Gasteiger partial charge in [-0.2, -0.15) is 0 Å². The van der Waals surface area contributed by atoms with Gasteiger partial charge >= 0.3 is 0 Å². The van der Waals surface area contributed by atoms with Crippen LogP contribution in [0, 0.1) is 5.92 Å². The van der Waals surface area contributed by atoms with Crippen LogP contribution in [0.1, 0.15) is 44.9 Å². The molecule has 3 aliphatic rings. The number of piperazine rings is 1. The second kappa shape index (κ2) is 9.53. The van der Waals surface area contributed by atoms with Gasteiger partial charge in [0.15, 0.2) is 0 Å². The number of hydrogen-bond acceptors (Lipinski definition) is 4. The number of likely N-dealkylation sites (tertiary alicyclic amines) is 1. The summed E-state index contributed by atoms with van der Waals surface area (Å²) in [5.74, 6) is 1.25. The molecule has 0 aromatic carbocycles. The van der Waals surface area contributed by atoms with Crippen LogP contribution in [0.3, 0.4) is 0 Å². The first kappa shape index (κ1) is 18.6. The minimum atomic E-state index is 0.274. The van der Waals surface area contributed by atoms with E-state index in [4.69, 9.17) is 0 Å². The third-order valence-electron chi connectivity index (χ3n) is 5.97. The minimum absolute atomic E-state index is 0.274. The van der Waals surface area contributed by atoms with E-state index >= 15 is 0 Å². The van der Waals surface area contributed by atoms with Crippen LogP contribution in [-0.4, -0.2) is 85.4 Å². The van der Waals surface area contributed by atoms with Crippen LogP contribution in [0.15, 0.2) is 0 Å². The second-order valence-corrected chi connectivity index (χ2v) is 7.85. The summed E-state index contributed by atoms with van der Waals surface area (Å²) in [6, 6.07) is 0. The van der Waals surface area contributed by atoms with Crippen LogP contribution in [0.2, 0.25) is 0 Å². The average Bonchev–Trinajstić information content (AvgIpc) is 3.00. The smallest absolute Gasteiger partial charge is 0.236 e. The monoisotopic (exact) mass is 350 g/mol. The number of rotatable bonds is 5. The van der Waals surface area contributed by atoms with Crippen LogP contribution in [0.5, 0.6) is 0 Å². The minimum Gasteiger partial charge on any atom is -0.342 e. The summed E-state index contributed by atoms with van der Waals surface area (Å²) >= 11 is 0. The maximum atomic E-state index is 12.5. The van der Waals surface area contributed by atoms with Crippen molar-refractivity contribution < 1.29 is 9.59 Å². The van der Waals surface area contributed by atoms with Crippen LogP contribution in [-0.2, 0) is 9.59 Å². The normalized spacial score (nSPS) is 25.8. The SMILES string of the molecule is O=C(CCC1CCNC1)N1CCN(CC(=O)N2CCCCCC2)CC1. The molecule has 2 amide bonds. The van der Waals surface area contributed by atoms with Crippen molar-refractivity contribution in [3.05, 3.63) is 0 Å². The Morgan fingerprint density at radius 3 is 2.16 bits per heavy atom. The topological polar surface area (TPSA) is 55.9 Å². The van der Waals surface area contributed by atoms with Crippen molar-refractivity contribution in [1.82, 2.24) is 20.0 Å². The number of nitrogens with zero attached hydrogens (tertiary/aromatic N) is 3. The summed E-state index contributed by atoms with van der Waals surface area (Å²) in [5, 5.41) is 3.36. The van der Waals surface area contributed by atoms with E-state index < -0.39 is 0 Å². The first-order valence-electron chi connectivity index (χ1n) is 10.2. The average molecular weight is 351 g/mol. The summed E-state index contributed by atoms with van der Waals surface area (Å²) in [7, 11) is 0. The molecule has 3 fully saturated rings. The first-order valence-corrected chi connectivity index (χ1v) is 10.2. The Morgan fingerprint density at radius 2 is 1.52 bits per heavy atom. The zero-order chi connectivity index (χ0) is 17.5. The molecule has 1 N–H and O–H groups in total. The van der Waals surface area contributed by atoms with E-state index in [-0.39, 0.29) is 5.91 Å². The van der Waals surface area contributed by atoms with Gasteiger partial charge in [-0.05, 0) is 44.7 Å². The maximum absolute atomic E-state index is 12.5. The highest BCUT2D eigenvalue weighted by Gasteiger charge is 2.25. The van der Waals surface area contributed by atoms with Gasteiger partial charge in [-0.3, -0.25) is 14.5 Å². The molecule has 0 saturated carbocycles. The predicted molar refractivity (Wildman–Crippen MR) is 98.3 cm³/mol. The van der Waals surface area contributed by atoms with Crippen LogP contribution in [0.25, 0.3) is 0 Å². The molecule has 0 aliphatic carbocycles. The number of nitrogens with one attached hydrogen (secondary N) is 1. The molecule has 3 heterocycles. The van der Waals surface area contributed by atoms with Crippen molar-refractivity contribution in [2.75, 3.05) is 58.9 Å². The lowest BCUT2D eigenvalue weighted by Gasteiger charge is -2.35. The van der Waals surface area contributed by atoms with Crippen LogP contribution < -0.4 is 5.32 Å². The fourth-order valence-electron chi connectivity index (χ4n) is 4.21. The van der Waals surface area contributed by atoms with Crippen molar-refractivity contribution in [2.24, 2.45) is 5.92 Å². The standard InChI is InChI=1S/C19H34N4O2/c24-18(6-5-17-7-8-20-15-17)23-13-11-21(12-14-23)16-19(25)22-9-3-1-2-4-10-22/h17,20H,1-16H2. The second-order valence-electron chi connectivity index (χ2n) is 7.85. The van der Waals surface area contributed by atoms with Crippen molar-refractivity contribution >= 4 is 11.8 Å². The van der Waals surface area contributed by atoms with Gasteiger partial charge in [0.2, 0.25) is 11.8 Å². The largest absolute Gasteiger partial charge is 0.342 e. The molecule has 142 valence electrons. The molecule has 0 bridgehead atoms. The van der Waals surface area contributed by atoms with E-state index in [2.05, 4.69) is 10.2 Å². The summed E-state index contributed by atoms with van der Waals surface area (Å²) in [6.45, 7) is 7.75. The maximum Gasteiger partial charge on any atom is 0.236 e. The molecule has 6 heteroatoms. The molecule has 25 heavy (non-hydrogen) atoms. The molecule has 3 rings (SSSR count). The summed E-state index contributed by atoms with van der Waals surface area (Å²) in [4.78, 5) is 31.1. The van der Waals surface area contributed by atoms with E-state index in [1.807, 2.05) is 9.80 Å². The molecule has 1 atom stereocenters. The fraction of sp³-hybridized carbons (Fsp3) is 0.895. The molecule has 0 aromatic rings. The lowest BCUT2D eigenvalue weighted by molar-refractivity contribution is -0.135. The fourth-order valence-corrected chi connectivity index (χ4v) is 4.21. The molecule has 3 saturated heterocycles. The van der Waals surface area contributed by atoms with Crippen molar-refractivity contribution in [2.45, 2.75) is 44.9 Å². The summed E-state index contributed by atoms with van der Waals surface area (Å²) in [5.41, 5.74) is 0. The molecule has 0 spiro atoms. The Bertz CT molecular complexity index is 435. The van der Waals surface area contributed by atoms with Gasteiger partial charge in [-0.1, -0.05) is 12.8 Å². The quantitative estimate of drug-likeness (QED) is 0.801. The first-order chi connectivity index (χ1) is 12.2. The van der Waals surface area contributed by atoms with Gasteiger partial charge in [0, 0.05) is 45.7 Å². The third-order valence-corrected chi connectivity index (χ3v) is 5.97. The Kier molecular flexibility index (Phi) is 7.11. The molecule has 6 nitrogen and oxygen atoms in total. The van der Waals surface area contributed by atoms with E-state index in [0.29, 0.717) is 24.8 Å². The molecule has 0 aromatic heterocycles. The van der Waals surface area contributed by atoms with E-state index in [9.17, 15) is 9.59 Å². The van der Waals surface area contributed by atoms with Crippen molar-refractivity contribution in [3.8, 4) is 0 Å². The molecule has 3 aliphatic heterocycles. The van der Waals surface area contributed by atoms with E-state index in [0.717, 1.165) is 71.6 Å². The van der Waals surface area contributed by atoms with Crippen molar-refractivity contribution in [3.63, 3.8) is 0 Å². The van der Waals surface area contributed by atoms with Gasteiger partial charge < -0.3 is 15.1 Å². The zero-order valence-corrected chi connectivity index (χ0v) is 15.5. The Labute approximate surface area is 151 Å². The van der Waals surface area contributed by atoms with Crippen LogP contribution >= 0.6 is 0 Å². The van der Waals surface area contributed by atoms with Gasteiger partial charge in [0.05, 0.1) is 6.54 Å². The number of carbonyl (C=O) groups excluding carboxylic acids is 2. The summed E-state index contributed by atoms with van der Waals surface area (Å²) < 4.78 is 0. The third kappa shape index (κ3) is 5.68. The van der Waals surface area contributed by atoms with Crippen molar-refractivity contribution in [1.29, 1.82) is 0 Å². The molecular weight excluding hydrogens is 316 g/mol. The van der Waals surface area contributed by atoms with E-state index in [1.54, 1.807) is 0 Å². The number of carbonyl (C=O) groups is 2. The molecule has 1 unspecified atom stereocenters. The Balaban J connectivity index is 1.34. The zero-order valence-electron chi connectivity index (χ0n) is 15.5. The van der Waals surface area contributed by atoms with Gasteiger partial charge in [0.1, 0.15) is 0 Å². The van der Waals surface area contributed by atoms with Crippen LogP contribution in [0.4, 0.5) is 0 Å².